The van der Waals surface area contributed by atoms with Crippen LogP contribution in [0.3, 0.4) is 0 Å². The van der Waals surface area contributed by atoms with E-state index >= 15 is 0 Å². The third-order valence-electron chi connectivity index (χ3n) is 7.46. The highest BCUT2D eigenvalue weighted by Crippen LogP contribution is 2.30. The van der Waals surface area contributed by atoms with Crippen molar-refractivity contribution in [1.29, 1.82) is 0 Å². The molecule has 7 rings (SSSR count). The van der Waals surface area contributed by atoms with Crippen molar-refractivity contribution < 1.29 is 0 Å². The Kier molecular flexibility index (Phi) is 7.16. The maximum absolute atomic E-state index is 6.41. The fraction of sp³-hybridized carbons (Fsp3) is 0. The van der Waals surface area contributed by atoms with E-state index in [2.05, 4.69) is 91.0 Å². The second kappa shape index (κ2) is 11.7. The summed E-state index contributed by atoms with van der Waals surface area (Å²) in [6.07, 6.45) is 0. The molecule has 0 bridgehead atoms. The van der Waals surface area contributed by atoms with E-state index in [0.29, 0.717) is 22.9 Å². The molecule has 43 heavy (non-hydrogen) atoms. The van der Waals surface area contributed by atoms with Crippen molar-refractivity contribution in [3.8, 4) is 67.5 Å². The molecule has 3 nitrogen and oxygen atoms in total. The fourth-order valence-corrected chi connectivity index (χ4v) is 5.23. The van der Waals surface area contributed by atoms with Crippen molar-refractivity contribution in [2.75, 3.05) is 0 Å². The van der Waals surface area contributed by atoms with Crippen molar-refractivity contribution in [1.82, 2.24) is 15.0 Å². The van der Waals surface area contributed by atoms with E-state index in [1.54, 1.807) is 0 Å². The summed E-state index contributed by atoms with van der Waals surface area (Å²) < 4.78 is 0. The van der Waals surface area contributed by atoms with Gasteiger partial charge in [-0.3, -0.25) is 0 Å². The molecule has 0 saturated carbocycles. The third kappa shape index (κ3) is 5.77. The summed E-state index contributed by atoms with van der Waals surface area (Å²) in [6, 6.07) is 53.6. The zero-order valence-electron chi connectivity index (χ0n) is 23.4. The van der Waals surface area contributed by atoms with Gasteiger partial charge in [-0.2, -0.15) is 0 Å². The van der Waals surface area contributed by atoms with Crippen molar-refractivity contribution in [3.63, 3.8) is 0 Å². The Bertz CT molecular complexity index is 1890. The summed E-state index contributed by atoms with van der Waals surface area (Å²) in [5.41, 5.74) is 10.0. The van der Waals surface area contributed by atoms with E-state index in [1.807, 2.05) is 66.7 Å². The summed E-state index contributed by atoms with van der Waals surface area (Å²) in [5.74, 6) is 1.79. The van der Waals surface area contributed by atoms with E-state index in [4.69, 9.17) is 22.8 Å². The summed E-state index contributed by atoms with van der Waals surface area (Å²) in [5, 5.41) is 0. The number of hydrogen-bond acceptors (Lipinski definition) is 3. The van der Waals surface area contributed by atoms with Crippen LogP contribution in [0.5, 0.6) is 0 Å². The van der Waals surface area contributed by atoms with Crippen molar-refractivity contribution in [3.05, 3.63) is 158 Å². The Hall–Kier alpha value is -5.61. The van der Waals surface area contributed by atoms with Gasteiger partial charge in [0.1, 0.15) is 7.85 Å². The molecule has 0 unspecified atom stereocenters. The molecule has 200 valence electrons. The molecule has 6 aromatic carbocycles. The maximum Gasteiger partial charge on any atom is 0.164 e. The van der Waals surface area contributed by atoms with Gasteiger partial charge in [0.2, 0.25) is 0 Å². The van der Waals surface area contributed by atoms with Crippen molar-refractivity contribution in [2.24, 2.45) is 0 Å². The summed E-state index contributed by atoms with van der Waals surface area (Å²) >= 11 is 0. The van der Waals surface area contributed by atoms with Crippen LogP contribution in [0.1, 0.15) is 0 Å². The monoisotopic (exact) mass is 547 g/mol. The van der Waals surface area contributed by atoms with E-state index in [-0.39, 0.29) is 0 Å². The highest BCUT2D eigenvalue weighted by Gasteiger charge is 2.14. The van der Waals surface area contributed by atoms with E-state index in [9.17, 15) is 0 Å². The molecule has 1 heterocycles. The molecule has 0 amide bonds. The van der Waals surface area contributed by atoms with Crippen LogP contribution in [-0.2, 0) is 0 Å². The molecule has 4 heteroatoms. The fourth-order valence-electron chi connectivity index (χ4n) is 5.23. The van der Waals surface area contributed by atoms with Gasteiger partial charge in [0.05, 0.1) is 0 Å². The summed E-state index contributed by atoms with van der Waals surface area (Å²) in [7, 11) is 6.41. The Morgan fingerprint density at radius 3 is 1.00 bits per heavy atom. The second-order valence-electron chi connectivity index (χ2n) is 10.4. The molecular formula is C39H26BN3. The average Bonchev–Trinajstić information content (AvgIpc) is 3.09. The van der Waals surface area contributed by atoms with Crippen LogP contribution in [0.25, 0.3) is 67.5 Å². The topological polar surface area (TPSA) is 38.7 Å². The van der Waals surface area contributed by atoms with Gasteiger partial charge < -0.3 is 0 Å². The van der Waals surface area contributed by atoms with Crippen molar-refractivity contribution >= 4 is 13.3 Å². The molecule has 0 atom stereocenters. The predicted molar refractivity (Wildman–Crippen MR) is 178 cm³/mol. The Labute approximate surface area is 253 Å². The molecule has 0 aliphatic heterocycles. The van der Waals surface area contributed by atoms with Gasteiger partial charge in [0.25, 0.3) is 0 Å². The van der Waals surface area contributed by atoms with Gasteiger partial charge in [0.15, 0.2) is 17.5 Å². The molecule has 0 saturated heterocycles. The number of rotatable bonds is 6. The van der Waals surface area contributed by atoms with Crippen LogP contribution in [0.15, 0.2) is 158 Å². The quantitative estimate of drug-likeness (QED) is 0.196. The first kappa shape index (κ1) is 26.3. The molecule has 0 aliphatic carbocycles. The molecule has 0 aliphatic rings. The minimum absolute atomic E-state index is 0.573. The van der Waals surface area contributed by atoms with Crippen LogP contribution in [-0.4, -0.2) is 22.8 Å². The number of aromatic nitrogens is 3. The van der Waals surface area contributed by atoms with Gasteiger partial charge in [-0.25, -0.2) is 15.0 Å². The van der Waals surface area contributed by atoms with Gasteiger partial charge in [-0.05, 0) is 39.4 Å². The zero-order chi connectivity index (χ0) is 29.0. The lowest BCUT2D eigenvalue weighted by Gasteiger charge is -2.12. The number of benzene rings is 6. The molecule has 0 fully saturated rings. The van der Waals surface area contributed by atoms with E-state index < -0.39 is 0 Å². The normalized spacial score (nSPS) is 10.9. The third-order valence-corrected chi connectivity index (χ3v) is 7.46. The molecule has 0 N–H and O–H groups in total. The minimum atomic E-state index is 0.573. The molecule has 1 aromatic heterocycles. The molecular weight excluding hydrogens is 521 g/mol. The van der Waals surface area contributed by atoms with Crippen LogP contribution in [0.2, 0.25) is 0 Å². The lowest BCUT2D eigenvalue weighted by atomic mass is 9.89. The second-order valence-corrected chi connectivity index (χ2v) is 10.4. The van der Waals surface area contributed by atoms with Crippen molar-refractivity contribution in [2.45, 2.75) is 0 Å². The van der Waals surface area contributed by atoms with Crippen LogP contribution >= 0.6 is 0 Å². The largest absolute Gasteiger partial charge is 0.208 e. The van der Waals surface area contributed by atoms with Gasteiger partial charge in [-0.15, -0.1) is 0 Å². The van der Waals surface area contributed by atoms with E-state index in [0.717, 1.165) is 50.1 Å². The Morgan fingerprint density at radius 2 is 0.581 bits per heavy atom. The molecule has 7 aromatic rings. The first-order valence-corrected chi connectivity index (χ1v) is 14.2. The van der Waals surface area contributed by atoms with Crippen LogP contribution in [0, 0.1) is 0 Å². The van der Waals surface area contributed by atoms with Crippen LogP contribution in [0.4, 0.5) is 0 Å². The first-order valence-electron chi connectivity index (χ1n) is 14.2. The standard InChI is InChI=1S/C39H26BN3/c40-36-25-34(29-14-8-3-9-15-29)24-35(26-36)39-42-37(32-20-16-30(17-21-32)27-10-4-1-5-11-27)41-38(43-39)33-22-18-31(19-23-33)28-12-6-2-7-13-28/h1-26H. The lowest BCUT2D eigenvalue weighted by Crippen LogP contribution is -2.05. The highest BCUT2D eigenvalue weighted by molar-refractivity contribution is 6.33. The SMILES string of the molecule is [B]c1cc(-c2ccccc2)cc(-c2nc(-c3ccc(-c4ccccc4)cc3)nc(-c3ccc(-c4ccccc4)cc3)n2)c1. The minimum Gasteiger partial charge on any atom is -0.208 e. The lowest BCUT2D eigenvalue weighted by molar-refractivity contribution is 1.07. The first-order chi connectivity index (χ1) is 21.2. The van der Waals surface area contributed by atoms with Gasteiger partial charge in [-0.1, -0.05) is 157 Å². The van der Waals surface area contributed by atoms with Gasteiger partial charge >= 0.3 is 0 Å². The van der Waals surface area contributed by atoms with Gasteiger partial charge in [0, 0.05) is 16.7 Å². The predicted octanol–water partition coefficient (Wildman–Crippen LogP) is 8.67. The summed E-state index contributed by atoms with van der Waals surface area (Å²) in [6.45, 7) is 0. The summed E-state index contributed by atoms with van der Waals surface area (Å²) in [4.78, 5) is 14.9. The Balaban J connectivity index is 1.34. The zero-order valence-corrected chi connectivity index (χ0v) is 23.4. The maximum atomic E-state index is 6.41. The molecule has 2 radical (unpaired) electrons. The van der Waals surface area contributed by atoms with E-state index in [1.165, 1.54) is 0 Å². The Morgan fingerprint density at radius 1 is 0.279 bits per heavy atom. The smallest absolute Gasteiger partial charge is 0.164 e. The molecule has 0 spiro atoms. The average molecular weight is 547 g/mol. The number of hydrogen-bond donors (Lipinski definition) is 0. The number of nitrogens with zero attached hydrogens (tertiary/aromatic N) is 3. The van der Waals surface area contributed by atoms with Crippen LogP contribution < -0.4 is 5.46 Å². The highest BCUT2D eigenvalue weighted by atomic mass is 15.0.